The second kappa shape index (κ2) is 8.32. The van der Waals surface area contributed by atoms with Crippen molar-refractivity contribution in [1.29, 1.82) is 0 Å². The van der Waals surface area contributed by atoms with Crippen molar-refractivity contribution < 1.29 is 4.39 Å². The predicted molar refractivity (Wildman–Crippen MR) is 48.7 cm³/mol. The van der Waals surface area contributed by atoms with E-state index in [0.29, 0.717) is 6.42 Å². The van der Waals surface area contributed by atoms with E-state index in [1.54, 1.807) is 0 Å². The van der Waals surface area contributed by atoms with Gasteiger partial charge < -0.3 is 0 Å². The van der Waals surface area contributed by atoms with Gasteiger partial charge in [-0.05, 0) is 12.8 Å². The molecule has 0 rings (SSSR count). The highest BCUT2D eigenvalue weighted by molar-refractivity contribution is 6.19. The van der Waals surface area contributed by atoms with Crippen LogP contribution in [0.5, 0.6) is 0 Å². The molecule has 0 aliphatic heterocycles. The van der Waals surface area contributed by atoms with Gasteiger partial charge in [-0.1, -0.05) is 50.6 Å². The van der Waals surface area contributed by atoms with Gasteiger partial charge in [-0.25, -0.2) is 4.39 Å². The largest absolute Gasteiger partial charge is 0.230 e. The van der Waals surface area contributed by atoms with Gasteiger partial charge in [0, 0.05) is 0 Å². The minimum Gasteiger partial charge on any atom is -0.230 e. The van der Waals surface area contributed by atoms with E-state index in [4.69, 9.17) is 11.6 Å². The summed E-state index contributed by atoms with van der Waals surface area (Å²) in [5.41, 5.74) is -1.12. The Morgan fingerprint density at radius 3 is 2.18 bits per heavy atom. The lowest BCUT2D eigenvalue weighted by Crippen LogP contribution is -1.87. The average Bonchev–Trinajstić information content (AvgIpc) is 1.96. The molecule has 0 saturated carbocycles. The molecular formula is C9H18ClF. The summed E-state index contributed by atoms with van der Waals surface area (Å²) in [6, 6.07) is 0. The van der Waals surface area contributed by atoms with Crippen molar-refractivity contribution >= 4 is 11.6 Å². The molecule has 0 aliphatic rings. The molecule has 0 N–H and O–H groups in total. The standard InChI is InChI=1S/C9H18ClF/c1-2-3-4-5-6-7-8-9(10)11/h9H,2-8H2,1H3. The number of halogens is 2. The molecule has 0 spiro atoms. The first-order chi connectivity index (χ1) is 5.27. The van der Waals surface area contributed by atoms with Gasteiger partial charge in [0.1, 0.15) is 0 Å². The second-order valence-corrected chi connectivity index (χ2v) is 3.42. The Bertz CT molecular complexity index is 74.0. The minimum atomic E-state index is -1.12. The third kappa shape index (κ3) is 10.2. The van der Waals surface area contributed by atoms with Gasteiger partial charge in [-0.2, -0.15) is 0 Å². The Morgan fingerprint density at radius 1 is 1.09 bits per heavy atom. The van der Waals surface area contributed by atoms with Crippen molar-refractivity contribution in [3.63, 3.8) is 0 Å². The van der Waals surface area contributed by atoms with Crippen LogP contribution in [0.1, 0.15) is 51.9 Å². The molecule has 0 fully saturated rings. The highest BCUT2D eigenvalue weighted by Crippen LogP contribution is 2.11. The quantitative estimate of drug-likeness (QED) is 0.406. The fourth-order valence-corrected chi connectivity index (χ4v) is 1.23. The summed E-state index contributed by atoms with van der Waals surface area (Å²) in [6.07, 6.45) is 7.68. The number of hydrogen-bond acceptors (Lipinski definition) is 0. The first-order valence-electron chi connectivity index (χ1n) is 4.55. The van der Waals surface area contributed by atoms with Gasteiger partial charge in [0.05, 0.1) is 0 Å². The van der Waals surface area contributed by atoms with Gasteiger partial charge in [0.15, 0.2) is 5.63 Å². The van der Waals surface area contributed by atoms with Gasteiger partial charge in [0.2, 0.25) is 0 Å². The molecule has 0 nitrogen and oxygen atoms in total. The molecule has 0 aromatic heterocycles. The normalized spacial score (nSPS) is 13.4. The number of rotatable bonds is 7. The lowest BCUT2D eigenvalue weighted by atomic mass is 10.1. The molecule has 0 aromatic rings. The van der Waals surface area contributed by atoms with Crippen LogP contribution in [0.3, 0.4) is 0 Å². The summed E-state index contributed by atoms with van der Waals surface area (Å²) in [5, 5.41) is 0. The minimum absolute atomic E-state index is 0.522. The van der Waals surface area contributed by atoms with Crippen LogP contribution in [0.25, 0.3) is 0 Å². The van der Waals surface area contributed by atoms with Crippen molar-refractivity contribution in [2.75, 3.05) is 0 Å². The molecule has 0 radical (unpaired) electrons. The number of hydrogen-bond donors (Lipinski definition) is 0. The van der Waals surface area contributed by atoms with Crippen LogP contribution in [0.15, 0.2) is 0 Å². The van der Waals surface area contributed by atoms with Crippen molar-refractivity contribution in [2.45, 2.75) is 57.5 Å². The van der Waals surface area contributed by atoms with Crippen LogP contribution in [-0.4, -0.2) is 5.63 Å². The van der Waals surface area contributed by atoms with Crippen molar-refractivity contribution in [3.05, 3.63) is 0 Å². The number of unbranched alkanes of at least 4 members (excludes halogenated alkanes) is 5. The summed E-state index contributed by atoms with van der Waals surface area (Å²) >= 11 is 5.15. The molecule has 1 unspecified atom stereocenters. The maximum Gasteiger partial charge on any atom is 0.173 e. The van der Waals surface area contributed by atoms with Crippen molar-refractivity contribution in [3.8, 4) is 0 Å². The van der Waals surface area contributed by atoms with Gasteiger partial charge in [-0.15, -0.1) is 0 Å². The Kier molecular flexibility index (Phi) is 8.48. The van der Waals surface area contributed by atoms with E-state index in [1.165, 1.54) is 25.7 Å². The molecule has 0 bridgehead atoms. The third-order valence-corrected chi connectivity index (χ3v) is 1.99. The van der Waals surface area contributed by atoms with E-state index < -0.39 is 5.63 Å². The van der Waals surface area contributed by atoms with E-state index in [1.807, 2.05) is 0 Å². The molecule has 0 aromatic carbocycles. The molecule has 0 saturated heterocycles. The highest BCUT2D eigenvalue weighted by Gasteiger charge is 1.98. The summed E-state index contributed by atoms with van der Waals surface area (Å²) in [7, 11) is 0. The Balaban J connectivity index is 2.80. The average molecular weight is 181 g/mol. The fourth-order valence-electron chi connectivity index (χ4n) is 1.08. The van der Waals surface area contributed by atoms with E-state index in [0.717, 1.165) is 12.8 Å². The molecule has 11 heavy (non-hydrogen) atoms. The van der Waals surface area contributed by atoms with Crippen LogP contribution >= 0.6 is 11.6 Å². The zero-order valence-corrected chi connectivity index (χ0v) is 8.04. The zero-order valence-electron chi connectivity index (χ0n) is 7.28. The van der Waals surface area contributed by atoms with E-state index in [9.17, 15) is 4.39 Å². The molecule has 0 heterocycles. The van der Waals surface area contributed by atoms with Crippen molar-refractivity contribution in [1.82, 2.24) is 0 Å². The lowest BCUT2D eigenvalue weighted by Gasteiger charge is -1.99. The van der Waals surface area contributed by atoms with Crippen LogP contribution in [0, 0.1) is 0 Å². The van der Waals surface area contributed by atoms with E-state index in [-0.39, 0.29) is 0 Å². The zero-order chi connectivity index (χ0) is 8.53. The Hall–Kier alpha value is 0.220. The molecular weight excluding hydrogens is 163 g/mol. The molecule has 0 aliphatic carbocycles. The first kappa shape index (κ1) is 11.2. The molecule has 1 atom stereocenters. The molecule has 2 heteroatoms. The van der Waals surface area contributed by atoms with Gasteiger partial charge in [-0.3, -0.25) is 0 Å². The van der Waals surface area contributed by atoms with Crippen LogP contribution in [0.4, 0.5) is 4.39 Å². The summed E-state index contributed by atoms with van der Waals surface area (Å²) in [5.74, 6) is 0. The topological polar surface area (TPSA) is 0 Å². The summed E-state index contributed by atoms with van der Waals surface area (Å²) in [4.78, 5) is 0. The molecule has 68 valence electrons. The second-order valence-electron chi connectivity index (χ2n) is 2.95. The third-order valence-electron chi connectivity index (χ3n) is 1.78. The van der Waals surface area contributed by atoms with E-state index in [2.05, 4.69) is 6.92 Å². The van der Waals surface area contributed by atoms with E-state index >= 15 is 0 Å². The van der Waals surface area contributed by atoms with Gasteiger partial charge in [0.25, 0.3) is 0 Å². The van der Waals surface area contributed by atoms with Crippen LogP contribution in [0.2, 0.25) is 0 Å². The Labute approximate surface area is 74.1 Å². The van der Waals surface area contributed by atoms with Crippen molar-refractivity contribution in [2.24, 2.45) is 0 Å². The van der Waals surface area contributed by atoms with Gasteiger partial charge >= 0.3 is 0 Å². The maximum atomic E-state index is 12.0. The fraction of sp³-hybridized carbons (Fsp3) is 1.00. The summed E-state index contributed by atoms with van der Waals surface area (Å²) < 4.78 is 12.0. The predicted octanol–water partition coefficient (Wildman–Crippen LogP) is 4.27. The smallest absolute Gasteiger partial charge is 0.173 e. The molecule has 0 amide bonds. The highest BCUT2D eigenvalue weighted by atomic mass is 35.5. The maximum absolute atomic E-state index is 12.0. The summed E-state index contributed by atoms with van der Waals surface area (Å²) in [6.45, 7) is 2.19. The number of alkyl halides is 2. The Morgan fingerprint density at radius 2 is 1.64 bits per heavy atom. The van der Waals surface area contributed by atoms with Crippen LogP contribution in [-0.2, 0) is 0 Å². The lowest BCUT2D eigenvalue weighted by molar-refractivity contribution is 0.403. The first-order valence-corrected chi connectivity index (χ1v) is 4.99. The monoisotopic (exact) mass is 180 g/mol. The SMILES string of the molecule is CCCCCCCCC(F)Cl. The van der Waals surface area contributed by atoms with Crippen LogP contribution < -0.4 is 0 Å².